The van der Waals surface area contributed by atoms with Crippen LogP contribution in [0.5, 0.6) is 5.75 Å². The van der Waals surface area contributed by atoms with Crippen molar-refractivity contribution in [2.24, 2.45) is 0 Å². The summed E-state index contributed by atoms with van der Waals surface area (Å²) in [6.45, 7) is 5.47. The lowest BCUT2D eigenvalue weighted by Gasteiger charge is -2.40. The van der Waals surface area contributed by atoms with Crippen LogP contribution in [0.3, 0.4) is 0 Å². The van der Waals surface area contributed by atoms with Crippen LogP contribution in [0.1, 0.15) is 36.6 Å². The van der Waals surface area contributed by atoms with Gasteiger partial charge in [0, 0.05) is 22.3 Å². The zero-order valence-electron chi connectivity index (χ0n) is 16.1. The number of fused-ring (bicyclic) bond motifs is 1. The Hall–Kier alpha value is -2.54. The zero-order chi connectivity index (χ0) is 20.3. The van der Waals surface area contributed by atoms with Crippen LogP contribution >= 0.6 is 11.8 Å². The maximum absolute atomic E-state index is 12.3. The number of carbonyl (C=O) groups excluding carboxylic acids is 1. The predicted octanol–water partition coefficient (Wildman–Crippen LogP) is 4.58. The number of nitrogens with zero attached hydrogens (tertiary/aromatic N) is 1. The van der Waals surface area contributed by atoms with Gasteiger partial charge in [0.05, 0.1) is 13.0 Å². The van der Waals surface area contributed by atoms with Crippen molar-refractivity contribution < 1.29 is 19.2 Å². The normalized spacial score (nSPS) is 23.4. The third-order valence-corrected chi connectivity index (χ3v) is 6.44. The van der Waals surface area contributed by atoms with Crippen LogP contribution in [-0.2, 0) is 9.53 Å². The van der Waals surface area contributed by atoms with Crippen LogP contribution < -0.4 is 4.74 Å². The number of hydrogen-bond donors (Lipinski definition) is 0. The molecular formula is C21H23NO5S. The Labute approximate surface area is 168 Å². The maximum atomic E-state index is 12.3. The molecule has 0 N–H and O–H groups in total. The third kappa shape index (κ3) is 3.85. The van der Waals surface area contributed by atoms with Crippen LogP contribution in [0.15, 0.2) is 53.4 Å². The summed E-state index contributed by atoms with van der Waals surface area (Å²) in [6.07, 6.45) is -1.11. The first-order chi connectivity index (χ1) is 13.4. The second-order valence-corrected chi connectivity index (χ2v) is 8.13. The van der Waals surface area contributed by atoms with Crippen molar-refractivity contribution in [3.63, 3.8) is 0 Å². The number of nitro groups is 1. The van der Waals surface area contributed by atoms with E-state index < -0.39 is 22.9 Å². The number of hydrogen-bond acceptors (Lipinski definition) is 6. The van der Waals surface area contributed by atoms with Crippen molar-refractivity contribution in [1.29, 1.82) is 0 Å². The first kappa shape index (κ1) is 20.2. The summed E-state index contributed by atoms with van der Waals surface area (Å²) in [7, 11) is 0. The molecule has 0 amide bonds. The van der Waals surface area contributed by atoms with Crippen molar-refractivity contribution in [3.8, 4) is 5.75 Å². The molecule has 148 valence electrons. The molecule has 1 aliphatic rings. The average Bonchev–Trinajstić information content (AvgIpc) is 2.65. The molecule has 2 aromatic carbocycles. The predicted molar refractivity (Wildman–Crippen MR) is 107 cm³/mol. The fourth-order valence-corrected chi connectivity index (χ4v) is 4.88. The monoisotopic (exact) mass is 401 g/mol. The van der Waals surface area contributed by atoms with E-state index in [1.165, 1.54) is 11.8 Å². The van der Waals surface area contributed by atoms with E-state index in [4.69, 9.17) is 9.47 Å². The number of carbonyl (C=O) groups is 1. The van der Waals surface area contributed by atoms with Crippen LogP contribution in [0, 0.1) is 17.0 Å². The molecule has 28 heavy (non-hydrogen) atoms. The topological polar surface area (TPSA) is 78.7 Å². The molecule has 3 rings (SSSR count). The molecule has 0 radical (unpaired) electrons. The van der Waals surface area contributed by atoms with Gasteiger partial charge >= 0.3 is 5.97 Å². The lowest BCUT2D eigenvalue weighted by Crippen LogP contribution is -2.56. The maximum Gasteiger partial charge on any atom is 0.309 e. The molecule has 0 unspecified atom stereocenters. The second kappa shape index (κ2) is 8.22. The van der Waals surface area contributed by atoms with Crippen molar-refractivity contribution in [3.05, 3.63) is 69.8 Å². The van der Waals surface area contributed by atoms with Crippen LogP contribution in [0.4, 0.5) is 0 Å². The Balaban J connectivity index is 2.06. The molecule has 2 aromatic rings. The van der Waals surface area contributed by atoms with Gasteiger partial charge in [0.1, 0.15) is 11.0 Å². The van der Waals surface area contributed by atoms with E-state index >= 15 is 0 Å². The van der Waals surface area contributed by atoms with E-state index in [0.717, 1.165) is 16.0 Å². The Kier molecular flexibility index (Phi) is 5.93. The van der Waals surface area contributed by atoms with E-state index in [0.29, 0.717) is 5.75 Å². The van der Waals surface area contributed by atoms with Gasteiger partial charge in [0.15, 0.2) is 6.10 Å². The van der Waals surface area contributed by atoms with E-state index in [1.807, 2.05) is 49.4 Å². The van der Waals surface area contributed by atoms with Crippen molar-refractivity contribution in [2.45, 2.75) is 49.0 Å². The van der Waals surface area contributed by atoms with Gasteiger partial charge in [0.2, 0.25) is 0 Å². The summed E-state index contributed by atoms with van der Waals surface area (Å²) in [4.78, 5) is 25.0. The minimum atomic E-state index is -1.50. The highest BCUT2D eigenvalue weighted by Crippen LogP contribution is 2.53. The van der Waals surface area contributed by atoms with Crippen LogP contribution in [0.2, 0.25) is 0 Å². The minimum absolute atomic E-state index is 0.176. The number of para-hydroxylation sites is 1. The van der Waals surface area contributed by atoms with Gasteiger partial charge in [0.25, 0.3) is 5.54 Å². The molecule has 0 bridgehead atoms. The Morgan fingerprint density at radius 2 is 2.04 bits per heavy atom. The minimum Gasteiger partial charge on any atom is -0.482 e. The smallest absolute Gasteiger partial charge is 0.309 e. The fourth-order valence-electron chi connectivity index (χ4n) is 3.40. The van der Waals surface area contributed by atoms with Gasteiger partial charge in [-0.3, -0.25) is 14.9 Å². The summed E-state index contributed by atoms with van der Waals surface area (Å²) in [5.41, 5.74) is 0.333. The van der Waals surface area contributed by atoms with Gasteiger partial charge in [-0.15, -0.1) is 11.8 Å². The molecule has 0 saturated carbocycles. The molecule has 0 aromatic heterocycles. The Morgan fingerprint density at radius 1 is 1.29 bits per heavy atom. The molecule has 3 atom stereocenters. The van der Waals surface area contributed by atoms with Gasteiger partial charge in [-0.25, -0.2) is 0 Å². The molecule has 1 aliphatic heterocycles. The van der Waals surface area contributed by atoms with Crippen LogP contribution in [-0.4, -0.2) is 29.1 Å². The number of benzene rings is 2. The first-order valence-corrected chi connectivity index (χ1v) is 10.0. The number of rotatable bonds is 6. The molecule has 6 nitrogen and oxygen atoms in total. The molecule has 0 spiro atoms. The van der Waals surface area contributed by atoms with Gasteiger partial charge < -0.3 is 9.47 Å². The third-order valence-electron chi connectivity index (χ3n) is 4.95. The van der Waals surface area contributed by atoms with E-state index in [-0.39, 0.29) is 18.0 Å². The zero-order valence-corrected chi connectivity index (χ0v) is 16.9. The molecule has 1 heterocycles. The van der Waals surface area contributed by atoms with Gasteiger partial charge in [-0.05, 0) is 32.0 Å². The van der Waals surface area contributed by atoms with Crippen molar-refractivity contribution >= 4 is 17.7 Å². The molecular weight excluding hydrogens is 378 g/mol. The highest BCUT2D eigenvalue weighted by molar-refractivity contribution is 7.99. The number of aryl methyl sites for hydroxylation is 1. The van der Waals surface area contributed by atoms with Gasteiger partial charge in [-0.2, -0.15) is 0 Å². The quantitative estimate of drug-likeness (QED) is 0.401. The lowest BCUT2D eigenvalue weighted by molar-refractivity contribution is -0.578. The Morgan fingerprint density at radius 3 is 2.71 bits per heavy atom. The second-order valence-electron chi connectivity index (χ2n) is 6.95. The van der Waals surface area contributed by atoms with Crippen molar-refractivity contribution in [1.82, 2.24) is 0 Å². The first-order valence-electron chi connectivity index (χ1n) is 9.15. The van der Waals surface area contributed by atoms with E-state index in [1.54, 1.807) is 19.9 Å². The van der Waals surface area contributed by atoms with Crippen molar-refractivity contribution in [2.75, 3.05) is 6.61 Å². The molecule has 7 heteroatoms. The SMILES string of the molecule is CCOC(=O)C[C@H]1Oc2ccccc2[C@@H](Sc2cccc(C)c2)[C@]1(C)[N+](=O)[O-]. The number of esters is 1. The molecule has 0 saturated heterocycles. The van der Waals surface area contributed by atoms with Gasteiger partial charge in [-0.1, -0.05) is 35.9 Å². The summed E-state index contributed by atoms with van der Waals surface area (Å²) in [6, 6.07) is 15.2. The molecule has 0 aliphatic carbocycles. The average molecular weight is 401 g/mol. The highest BCUT2D eigenvalue weighted by atomic mass is 32.2. The highest BCUT2D eigenvalue weighted by Gasteiger charge is 2.59. The summed E-state index contributed by atoms with van der Waals surface area (Å²) >= 11 is 1.43. The van der Waals surface area contributed by atoms with Crippen LogP contribution in [0.25, 0.3) is 0 Å². The lowest BCUT2D eigenvalue weighted by atomic mass is 9.83. The molecule has 0 fully saturated rings. The number of thioether (sulfide) groups is 1. The largest absolute Gasteiger partial charge is 0.482 e. The van der Waals surface area contributed by atoms with E-state index in [2.05, 4.69) is 0 Å². The number of ether oxygens (including phenoxy) is 2. The summed E-state index contributed by atoms with van der Waals surface area (Å²) in [5, 5.41) is 11.7. The van der Waals surface area contributed by atoms with E-state index in [9.17, 15) is 14.9 Å². The standard InChI is InChI=1S/C21H23NO5S/c1-4-26-19(23)13-18-21(3,22(24)25)20(16-10-5-6-11-17(16)27-18)28-15-9-7-8-14(2)12-15/h5-12,18,20H,4,13H2,1-3H3/t18-,20-,21-/m1/s1. The summed E-state index contributed by atoms with van der Waals surface area (Å²) in [5.74, 6) is 0.0699. The fraction of sp³-hybridized carbons (Fsp3) is 0.381. The Bertz CT molecular complexity index is 887. The summed E-state index contributed by atoms with van der Waals surface area (Å²) < 4.78 is 11.0.